The monoisotopic (exact) mass is 393 g/mol. The highest BCUT2D eigenvalue weighted by Crippen LogP contribution is 2.55. The molecule has 2 aromatic carbocycles. The predicted octanol–water partition coefficient (Wildman–Crippen LogP) is 4.10. The Kier molecular flexibility index (Phi) is 5.39. The molecule has 0 heterocycles. The summed E-state index contributed by atoms with van der Waals surface area (Å²) in [6.45, 7) is 0.275. The van der Waals surface area contributed by atoms with E-state index < -0.39 is 11.8 Å². The maximum Gasteiger partial charge on any atom is 0.425 e. The number of ether oxygens (including phenoxy) is 1. The summed E-state index contributed by atoms with van der Waals surface area (Å²) >= 11 is 0. The third kappa shape index (κ3) is 3.46. The maximum atomic E-state index is 13.8. The van der Waals surface area contributed by atoms with Crippen molar-refractivity contribution in [3.05, 3.63) is 53.6 Å². The largest absolute Gasteiger partial charge is 0.494 e. The molecular weight excluding hydrogens is 371 g/mol. The van der Waals surface area contributed by atoms with Gasteiger partial charge in [0.2, 0.25) is 11.5 Å². The highest BCUT2D eigenvalue weighted by atomic mass is 19.4. The van der Waals surface area contributed by atoms with Crippen molar-refractivity contribution in [1.82, 2.24) is 4.90 Å². The topological polar surface area (TPSA) is 49.8 Å². The zero-order chi connectivity index (χ0) is 20.5. The zero-order valence-electron chi connectivity index (χ0n) is 15.7. The van der Waals surface area contributed by atoms with Crippen LogP contribution >= 0.6 is 0 Å². The van der Waals surface area contributed by atoms with Crippen molar-refractivity contribution in [1.29, 1.82) is 0 Å². The summed E-state index contributed by atoms with van der Waals surface area (Å²) in [7, 11) is 3.37. The standard InChI is InChI=1S/C21H22F3NO3/c1-25(2)19(26)9-5-6-12-28-14-10-11-16-15-7-3-4-8-17(15)20(27,18(16)13-14)21(22,23)24/h3-4,7-8,10-11,13,27H,5-6,9,12H2,1-2H3. The number of rotatable bonds is 6. The van der Waals surface area contributed by atoms with Crippen LogP contribution in [-0.2, 0) is 10.4 Å². The fourth-order valence-corrected chi connectivity index (χ4v) is 3.42. The normalized spacial score (nSPS) is 17.8. The molecule has 7 heteroatoms. The van der Waals surface area contributed by atoms with Crippen LogP contribution in [0.15, 0.2) is 42.5 Å². The highest BCUT2D eigenvalue weighted by Gasteiger charge is 2.60. The molecule has 0 saturated carbocycles. The molecule has 0 radical (unpaired) electrons. The van der Waals surface area contributed by atoms with Crippen LogP contribution < -0.4 is 4.74 Å². The van der Waals surface area contributed by atoms with Gasteiger partial charge in [-0.15, -0.1) is 0 Å². The van der Waals surface area contributed by atoms with Crippen LogP contribution in [0.5, 0.6) is 5.75 Å². The molecule has 0 aliphatic heterocycles. The summed E-state index contributed by atoms with van der Waals surface area (Å²) in [4.78, 5) is 13.0. The summed E-state index contributed by atoms with van der Waals surface area (Å²) < 4.78 is 47.0. The fourth-order valence-electron chi connectivity index (χ4n) is 3.42. The van der Waals surface area contributed by atoms with E-state index in [1.807, 2.05) is 0 Å². The van der Waals surface area contributed by atoms with E-state index >= 15 is 0 Å². The second-order valence-electron chi connectivity index (χ2n) is 7.05. The summed E-state index contributed by atoms with van der Waals surface area (Å²) in [6.07, 6.45) is -3.25. The average molecular weight is 393 g/mol. The lowest BCUT2D eigenvalue weighted by molar-refractivity contribution is -0.246. The average Bonchev–Trinajstić information content (AvgIpc) is 2.91. The van der Waals surface area contributed by atoms with E-state index in [-0.39, 0.29) is 29.4 Å². The van der Waals surface area contributed by atoms with Crippen LogP contribution in [0.3, 0.4) is 0 Å². The van der Waals surface area contributed by atoms with E-state index in [2.05, 4.69) is 0 Å². The summed E-state index contributed by atoms with van der Waals surface area (Å²) in [5.41, 5.74) is -2.74. The SMILES string of the molecule is CN(C)C(=O)CCCCOc1ccc2c(c1)C(O)(C(F)(F)F)c1ccccc1-2. The van der Waals surface area contributed by atoms with Gasteiger partial charge in [-0.3, -0.25) is 4.79 Å². The minimum atomic E-state index is -4.86. The molecule has 1 amide bonds. The van der Waals surface area contributed by atoms with Gasteiger partial charge in [-0.1, -0.05) is 30.3 Å². The molecule has 0 saturated heterocycles. The van der Waals surface area contributed by atoms with Gasteiger partial charge in [0.1, 0.15) is 5.75 Å². The Bertz CT molecular complexity index is 879. The van der Waals surface area contributed by atoms with Gasteiger partial charge >= 0.3 is 6.18 Å². The fraction of sp³-hybridized carbons (Fsp3) is 0.381. The molecule has 0 bridgehead atoms. The Morgan fingerprint density at radius 2 is 1.75 bits per heavy atom. The number of amides is 1. The second kappa shape index (κ2) is 7.47. The summed E-state index contributed by atoms with van der Waals surface area (Å²) in [5.74, 6) is 0.277. The van der Waals surface area contributed by atoms with Crippen LogP contribution in [0.25, 0.3) is 11.1 Å². The number of carbonyl (C=O) groups excluding carboxylic acids is 1. The number of carbonyl (C=O) groups is 1. The number of halogens is 3. The minimum absolute atomic E-state index is 0.0190. The molecule has 0 fully saturated rings. The van der Waals surface area contributed by atoms with Crippen molar-refractivity contribution >= 4 is 5.91 Å². The Morgan fingerprint density at radius 3 is 2.43 bits per heavy atom. The number of hydrogen-bond acceptors (Lipinski definition) is 3. The number of nitrogens with zero attached hydrogens (tertiary/aromatic N) is 1. The molecule has 0 aromatic heterocycles. The first-order valence-corrected chi connectivity index (χ1v) is 9.02. The van der Waals surface area contributed by atoms with Gasteiger partial charge in [-0.05, 0) is 36.1 Å². The zero-order valence-corrected chi connectivity index (χ0v) is 15.7. The molecule has 1 aliphatic carbocycles. The third-order valence-electron chi connectivity index (χ3n) is 4.95. The molecule has 1 N–H and O–H groups in total. The summed E-state index contributed by atoms with van der Waals surface area (Å²) in [5, 5.41) is 10.7. The van der Waals surface area contributed by atoms with Crippen LogP contribution in [0.1, 0.15) is 30.4 Å². The number of aliphatic hydroxyl groups is 1. The molecule has 1 unspecified atom stereocenters. The molecule has 2 aromatic rings. The van der Waals surface area contributed by atoms with Gasteiger partial charge in [0.25, 0.3) is 0 Å². The molecule has 4 nitrogen and oxygen atoms in total. The molecular formula is C21H22F3NO3. The van der Waals surface area contributed by atoms with E-state index in [0.29, 0.717) is 30.4 Å². The number of benzene rings is 2. The van der Waals surface area contributed by atoms with Gasteiger partial charge in [0, 0.05) is 31.6 Å². The van der Waals surface area contributed by atoms with Crippen LogP contribution in [-0.4, -0.2) is 42.8 Å². The lowest BCUT2D eigenvalue weighted by Crippen LogP contribution is -2.41. The van der Waals surface area contributed by atoms with E-state index in [4.69, 9.17) is 4.74 Å². The van der Waals surface area contributed by atoms with Crippen molar-refractivity contribution in [2.24, 2.45) is 0 Å². The number of fused-ring (bicyclic) bond motifs is 3. The molecule has 150 valence electrons. The number of unbranched alkanes of at least 4 members (excludes halogenated alkanes) is 1. The van der Waals surface area contributed by atoms with Crippen LogP contribution in [0, 0.1) is 0 Å². The van der Waals surface area contributed by atoms with Gasteiger partial charge in [-0.2, -0.15) is 13.2 Å². The highest BCUT2D eigenvalue weighted by molar-refractivity contribution is 5.81. The van der Waals surface area contributed by atoms with Gasteiger partial charge in [0.05, 0.1) is 6.61 Å². The molecule has 28 heavy (non-hydrogen) atoms. The molecule has 1 atom stereocenters. The van der Waals surface area contributed by atoms with Crippen LogP contribution in [0.4, 0.5) is 13.2 Å². The lowest BCUT2D eigenvalue weighted by atomic mass is 9.91. The van der Waals surface area contributed by atoms with Crippen molar-refractivity contribution < 1.29 is 27.8 Å². The maximum absolute atomic E-state index is 13.8. The number of hydrogen-bond donors (Lipinski definition) is 1. The molecule has 1 aliphatic rings. The van der Waals surface area contributed by atoms with E-state index in [1.165, 1.54) is 23.1 Å². The van der Waals surface area contributed by atoms with Crippen LogP contribution in [0.2, 0.25) is 0 Å². The van der Waals surface area contributed by atoms with E-state index in [9.17, 15) is 23.1 Å². The van der Waals surface area contributed by atoms with E-state index in [0.717, 1.165) is 0 Å². The molecule has 0 spiro atoms. The van der Waals surface area contributed by atoms with Crippen molar-refractivity contribution in [2.75, 3.05) is 20.7 Å². The minimum Gasteiger partial charge on any atom is -0.494 e. The summed E-state index contributed by atoms with van der Waals surface area (Å²) in [6, 6.07) is 10.4. The lowest BCUT2D eigenvalue weighted by Gasteiger charge is -2.28. The van der Waals surface area contributed by atoms with Crippen molar-refractivity contribution in [2.45, 2.75) is 31.0 Å². The van der Waals surface area contributed by atoms with Gasteiger partial charge in [-0.25, -0.2) is 0 Å². The van der Waals surface area contributed by atoms with Crippen molar-refractivity contribution in [3.63, 3.8) is 0 Å². The Hall–Kier alpha value is -2.54. The molecule has 3 rings (SSSR count). The predicted molar refractivity (Wildman–Crippen MR) is 99.0 cm³/mol. The first-order valence-electron chi connectivity index (χ1n) is 9.02. The Labute approximate surface area is 161 Å². The number of alkyl halides is 3. The second-order valence-corrected chi connectivity index (χ2v) is 7.05. The first-order chi connectivity index (χ1) is 13.2. The van der Waals surface area contributed by atoms with Gasteiger partial charge < -0.3 is 14.7 Å². The quantitative estimate of drug-likeness (QED) is 0.752. The smallest absolute Gasteiger partial charge is 0.425 e. The Morgan fingerprint density at radius 1 is 1.07 bits per heavy atom. The van der Waals surface area contributed by atoms with E-state index in [1.54, 1.807) is 38.4 Å². The Balaban J connectivity index is 1.77. The van der Waals surface area contributed by atoms with Crippen molar-refractivity contribution in [3.8, 4) is 16.9 Å². The third-order valence-corrected chi connectivity index (χ3v) is 4.95. The van der Waals surface area contributed by atoms with Gasteiger partial charge in [0.15, 0.2) is 0 Å². The first kappa shape index (κ1) is 20.2.